The second-order valence-corrected chi connectivity index (χ2v) is 15.9. The number of methoxy groups -OCH3 is 1. The van der Waals surface area contributed by atoms with Crippen molar-refractivity contribution < 1.29 is 33.5 Å². The number of carbonyl (C=O) groups is 5. The summed E-state index contributed by atoms with van der Waals surface area (Å²) in [4.78, 5) is 75.2. The van der Waals surface area contributed by atoms with Gasteiger partial charge in [-0.1, -0.05) is 76.0 Å². The summed E-state index contributed by atoms with van der Waals surface area (Å²) in [5, 5.41) is 10.3. The molecule has 4 N–H and O–H groups in total. The van der Waals surface area contributed by atoms with Crippen molar-refractivity contribution in [1.82, 2.24) is 15.5 Å². The predicted molar refractivity (Wildman–Crippen MR) is 196 cm³/mol. The topological polar surface area (TPSA) is 169 Å². The molecule has 2 aromatic carbocycles. The van der Waals surface area contributed by atoms with E-state index >= 15 is 0 Å². The first-order valence-electron chi connectivity index (χ1n) is 18.2. The van der Waals surface area contributed by atoms with Crippen LogP contribution in [0, 0.1) is 31.1 Å². The number of nitrogens with two attached hydrogens (primary N) is 1. The molecular weight excluding hydrogens is 662 g/mol. The number of ketones is 1. The molecule has 2 aromatic rings. The van der Waals surface area contributed by atoms with Gasteiger partial charge in [0, 0.05) is 24.3 Å². The molecule has 0 bridgehead atoms. The number of primary amides is 1. The van der Waals surface area contributed by atoms with Crippen LogP contribution in [0.25, 0.3) is 0 Å². The van der Waals surface area contributed by atoms with E-state index in [-0.39, 0.29) is 30.7 Å². The number of hydrogen-bond donors (Lipinski definition) is 3. The van der Waals surface area contributed by atoms with Crippen LogP contribution in [0.1, 0.15) is 88.5 Å². The Morgan fingerprint density at radius 2 is 1.71 bits per heavy atom. The SMILES string of the molecule is CC[C@@H](Cc1ccccc1)C(=O)N[C@H](C(=O)N1C[C@@]2(CC(c3cc(C)c(OC)c(C)c3)=NO2)C[C@H]1C(=O)N[C@@H](CC1CC1)C(=O)C(N)=O)C(C)(C)C. The van der Waals surface area contributed by atoms with Crippen LogP contribution >= 0.6 is 0 Å². The lowest BCUT2D eigenvalue weighted by atomic mass is 9.84. The maximum atomic E-state index is 14.8. The zero-order valence-electron chi connectivity index (χ0n) is 31.4. The Bertz CT molecular complexity index is 1710. The van der Waals surface area contributed by atoms with E-state index in [0.29, 0.717) is 31.4 Å². The van der Waals surface area contributed by atoms with Gasteiger partial charge in [0.05, 0.1) is 25.4 Å². The summed E-state index contributed by atoms with van der Waals surface area (Å²) >= 11 is 0. The number of Topliss-reactive ketones (excluding diaryl/α,β-unsaturated/α-hetero) is 1. The fraction of sp³-hybridized carbons (Fsp3) is 0.550. The first kappa shape index (κ1) is 38.5. The fourth-order valence-electron chi connectivity index (χ4n) is 7.48. The lowest BCUT2D eigenvalue weighted by Gasteiger charge is -2.36. The van der Waals surface area contributed by atoms with E-state index < -0.39 is 52.6 Å². The first-order chi connectivity index (χ1) is 24.6. The monoisotopic (exact) mass is 715 g/mol. The standard InChI is InChI=1S/C40H53N5O7/c1-8-27(18-25-12-10-9-11-13-25)36(48)43-34(39(4,5)6)38(50)45-22-40(20-30(44-52-40)28-16-23(2)33(51-7)24(3)17-28)21-31(45)37(49)42-29(19-26-14-15-26)32(46)35(41)47/h9-13,16-17,26-27,29,31,34H,8,14-15,18-22H2,1-7H3,(H2,41,47)(H,42,49)(H,43,48)/t27-,29-,31-,34+,40+/m0/s1. The molecule has 3 aliphatic rings. The molecular formula is C40H53N5O7. The van der Waals surface area contributed by atoms with Gasteiger partial charge >= 0.3 is 0 Å². The highest BCUT2D eigenvalue weighted by Gasteiger charge is 2.56. The Morgan fingerprint density at radius 1 is 1.06 bits per heavy atom. The van der Waals surface area contributed by atoms with Gasteiger partial charge in [-0.25, -0.2) is 0 Å². The Hall–Kier alpha value is -4.74. The maximum Gasteiger partial charge on any atom is 0.287 e. The summed E-state index contributed by atoms with van der Waals surface area (Å²) in [5.41, 5.74) is 8.00. The summed E-state index contributed by atoms with van der Waals surface area (Å²) in [6.07, 6.45) is 3.56. The number of amides is 4. The number of nitrogens with zero attached hydrogens (tertiary/aromatic N) is 2. The molecule has 1 saturated carbocycles. The molecule has 1 spiro atoms. The number of rotatable bonds is 14. The third-order valence-corrected chi connectivity index (χ3v) is 10.6. The molecule has 2 fully saturated rings. The van der Waals surface area contributed by atoms with Crippen molar-refractivity contribution in [2.24, 2.45) is 28.1 Å². The van der Waals surface area contributed by atoms with Crippen LogP contribution in [0.3, 0.4) is 0 Å². The smallest absolute Gasteiger partial charge is 0.287 e. The van der Waals surface area contributed by atoms with E-state index in [1.807, 2.05) is 84.0 Å². The van der Waals surface area contributed by atoms with E-state index in [1.54, 1.807) is 7.11 Å². The average Bonchev–Trinajstić information content (AvgIpc) is 3.69. The number of carbonyl (C=O) groups excluding carboxylic acids is 5. The van der Waals surface area contributed by atoms with Gasteiger partial charge < -0.3 is 30.8 Å². The van der Waals surface area contributed by atoms with Crippen molar-refractivity contribution in [3.8, 4) is 5.75 Å². The maximum absolute atomic E-state index is 14.8. The zero-order chi connectivity index (χ0) is 38.0. The van der Waals surface area contributed by atoms with Crippen LogP contribution < -0.4 is 21.1 Å². The summed E-state index contributed by atoms with van der Waals surface area (Å²) < 4.78 is 5.54. The van der Waals surface area contributed by atoms with E-state index in [1.165, 1.54) is 4.90 Å². The van der Waals surface area contributed by atoms with Crippen molar-refractivity contribution in [2.75, 3.05) is 13.7 Å². The van der Waals surface area contributed by atoms with Gasteiger partial charge in [0.1, 0.15) is 17.8 Å². The fourth-order valence-corrected chi connectivity index (χ4v) is 7.48. The van der Waals surface area contributed by atoms with Gasteiger partial charge in [0.25, 0.3) is 5.91 Å². The van der Waals surface area contributed by atoms with Crippen molar-refractivity contribution in [3.05, 3.63) is 64.7 Å². The minimum absolute atomic E-state index is 0.0196. The van der Waals surface area contributed by atoms with Gasteiger partial charge in [0.2, 0.25) is 23.5 Å². The molecule has 280 valence electrons. The third-order valence-electron chi connectivity index (χ3n) is 10.6. The van der Waals surface area contributed by atoms with Gasteiger partial charge in [-0.05, 0) is 73.3 Å². The van der Waals surface area contributed by atoms with Crippen molar-refractivity contribution >= 4 is 35.1 Å². The largest absolute Gasteiger partial charge is 0.496 e. The van der Waals surface area contributed by atoms with Crippen LogP contribution in [0.2, 0.25) is 0 Å². The first-order valence-corrected chi connectivity index (χ1v) is 18.2. The van der Waals surface area contributed by atoms with E-state index in [9.17, 15) is 24.0 Å². The summed E-state index contributed by atoms with van der Waals surface area (Å²) in [7, 11) is 1.63. The van der Waals surface area contributed by atoms with Crippen LogP contribution in [0.15, 0.2) is 47.6 Å². The molecule has 2 aliphatic heterocycles. The van der Waals surface area contributed by atoms with Crippen molar-refractivity contribution in [1.29, 1.82) is 0 Å². The van der Waals surface area contributed by atoms with Gasteiger partial charge in [-0.15, -0.1) is 0 Å². The lowest BCUT2D eigenvalue weighted by molar-refractivity contribution is -0.145. The van der Waals surface area contributed by atoms with Crippen LogP contribution in [0.4, 0.5) is 0 Å². The number of hydrogen-bond acceptors (Lipinski definition) is 8. The number of benzene rings is 2. The Balaban J connectivity index is 1.43. The van der Waals surface area contributed by atoms with E-state index in [4.69, 9.17) is 15.3 Å². The summed E-state index contributed by atoms with van der Waals surface area (Å²) in [5.74, 6) is -2.67. The van der Waals surface area contributed by atoms with Gasteiger partial charge in [-0.3, -0.25) is 24.0 Å². The molecule has 4 amide bonds. The Labute approximate surface area is 306 Å². The average molecular weight is 716 g/mol. The highest BCUT2D eigenvalue weighted by Crippen LogP contribution is 2.41. The van der Waals surface area contributed by atoms with Crippen molar-refractivity contribution in [3.63, 3.8) is 0 Å². The van der Waals surface area contributed by atoms with E-state index in [0.717, 1.165) is 40.8 Å². The highest BCUT2D eigenvalue weighted by atomic mass is 16.7. The molecule has 52 heavy (non-hydrogen) atoms. The van der Waals surface area contributed by atoms with Crippen LogP contribution in [0.5, 0.6) is 5.75 Å². The summed E-state index contributed by atoms with van der Waals surface area (Å²) in [6.45, 7) is 11.5. The van der Waals surface area contributed by atoms with Gasteiger partial charge in [0.15, 0.2) is 5.60 Å². The number of aryl methyl sites for hydroxylation is 2. The minimum Gasteiger partial charge on any atom is -0.496 e. The molecule has 12 nitrogen and oxygen atoms in total. The number of oxime groups is 1. The Kier molecular flexibility index (Phi) is 11.5. The van der Waals surface area contributed by atoms with Crippen LogP contribution in [-0.2, 0) is 35.2 Å². The highest BCUT2D eigenvalue weighted by molar-refractivity contribution is 6.37. The summed E-state index contributed by atoms with van der Waals surface area (Å²) in [6, 6.07) is 10.5. The number of nitrogens with one attached hydrogen (secondary N) is 2. The molecule has 12 heteroatoms. The molecule has 2 heterocycles. The normalized spacial score (nSPS) is 21.5. The molecule has 1 aliphatic carbocycles. The zero-order valence-corrected chi connectivity index (χ0v) is 31.4. The number of likely N-dealkylation sites (tertiary alicyclic amines) is 1. The minimum atomic E-state index is -1.12. The quantitative estimate of drug-likeness (QED) is 0.249. The third kappa shape index (κ3) is 8.65. The molecule has 0 unspecified atom stereocenters. The molecule has 0 aromatic heterocycles. The molecule has 1 saturated heterocycles. The second kappa shape index (κ2) is 15.5. The molecule has 5 atom stereocenters. The predicted octanol–water partition coefficient (Wildman–Crippen LogP) is 3.92. The molecule has 0 radical (unpaired) electrons. The van der Waals surface area contributed by atoms with Crippen LogP contribution in [-0.4, -0.2) is 77.4 Å². The van der Waals surface area contributed by atoms with E-state index in [2.05, 4.69) is 15.8 Å². The lowest BCUT2D eigenvalue weighted by Crippen LogP contribution is -2.59. The molecule has 5 rings (SSSR count). The van der Waals surface area contributed by atoms with Gasteiger partial charge in [-0.2, -0.15) is 0 Å². The second-order valence-electron chi connectivity index (χ2n) is 15.9. The number of ether oxygens (including phenoxy) is 1. The Morgan fingerprint density at radius 3 is 2.27 bits per heavy atom. The van der Waals surface area contributed by atoms with Crippen molar-refractivity contribution in [2.45, 2.75) is 110 Å².